The number of hydrogen-bond donors (Lipinski definition) is 0. The van der Waals surface area contributed by atoms with E-state index < -0.39 is 15.9 Å². The predicted octanol–water partition coefficient (Wildman–Crippen LogP) is 2.35. The molecule has 0 bridgehead atoms. The molecule has 2 aromatic rings. The predicted molar refractivity (Wildman–Crippen MR) is 101 cm³/mol. The molecule has 2 aliphatic heterocycles. The number of sulfonamides is 1. The first-order valence-corrected chi connectivity index (χ1v) is 10.0. The van der Waals surface area contributed by atoms with Crippen LogP contribution in [0.2, 0.25) is 0 Å². The molecule has 140 valence electrons. The third kappa shape index (κ3) is 3.26. The number of carbonyl (C=O) groups is 1. The number of hydrogen-bond acceptors (Lipinski definition) is 4. The number of halogens is 1. The van der Waals surface area contributed by atoms with E-state index in [4.69, 9.17) is 0 Å². The molecule has 2 aliphatic rings. The number of carbonyl (C=O) groups excluding carboxylic acids is 1. The molecule has 6 nitrogen and oxygen atoms in total. The number of fused-ring (bicyclic) bond motifs is 2. The summed E-state index contributed by atoms with van der Waals surface area (Å²) >= 11 is 0. The lowest BCUT2D eigenvalue weighted by Gasteiger charge is -2.28. The van der Waals surface area contributed by atoms with Gasteiger partial charge in [-0.25, -0.2) is 12.7 Å². The number of rotatable bonds is 5. The number of benzene rings is 1. The van der Waals surface area contributed by atoms with Gasteiger partial charge in [-0.3, -0.25) is 9.69 Å². The van der Waals surface area contributed by atoms with E-state index in [9.17, 15) is 13.2 Å². The topological polar surface area (TPSA) is 62.6 Å². The van der Waals surface area contributed by atoms with Crippen LogP contribution in [0.4, 0.5) is 0 Å². The third-order valence-electron chi connectivity index (χ3n) is 4.96. The van der Waals surface area contributed by atoms with E-state index in [-0.39, 0.29) is 23.8 Å². The van der Waals surface area contributed by atoms with Crippen LogP contribution < -0.4 is 0 Å². The van der Waals surface area contributed by atoms with Crippen molar-refractivity contribution in [3.05, 3.63) is 53.9 Å². The van der Waals surface area contributed by atoms with Crippen molar-refractivity contribution in [2.24, 2.45) is 0 Å². The average Bonchev–Trinajstić information content (AvgIpc) is 3.15. The molecule has 26 heavy (non-hydrogen) atoms. The van der Waals surface area contributed by atoms with Gasteiger partial charge < -0.3 is 4.57 Å². The van der Waals surface area contributed by atoms with E-state index in [2.05, 4.69) is 27.8 Å². The van der Waals surface area contributed by atoms with Crippen molar-refractivity contribution in [1.82, 2.24) is 13.8 Å². The van der Waals surface area contributed by atoms with Crippen LogP contribution in [0.5, 0.6) is 0 Å². The van der Waals surface area contributed by atoms with Gasteiger partial charge in [-0.1, -0.05) is 12.1 Å². The van der Waals surface area contributed by atoms with Crippen LogP contribution >= 0.6 is 12.4 Å². The zero-order valence-electron chi connectivity index (χ0n) is 14.4. The van der Waals surface area contributed by atoms with Gasteiger partial charge >= 0.3 is 0 Å². The largest absolute Gasteiger partial charge is 0.349 e. The molecular weight excluding hydrogens is 374 g/mol. The first-order valence-electron chi connectivity index (χ1n) is 8.60. The van der Waals surface area contributed by atoms with E-state index in [1.165, 1.54) is 11.8 Å². The lowest BCUT2D eigenvalue weighted by molar-refractivity contribution is 0.0868. The van der Waals surface area contributed by atoms with Gasteiger partial charge in [-0.15, -0.1) is 12.4 Å². The molecule has 0 atom stereocenters. The fraction of sp³-hybridized carbons (Fsp3) is 0.389. The number of amides is 1. The summed E-state index contributed by atoms with van der Waals surface area (Å²) in [4.78, 5) is 14.9. The normalized spacial score (nSPS) is 18.3. The van der Waals surface area contributed by atoms with Gasteiger partial charge in [-0.2, -0.15) is 0 Å². The zero-order chi connectivity index (χ0) is 17.4. The second kappa shape index (κ2) is 7.42. The highest BCUT2D eigenvalue weighted by molar-refractivity contribution is 7.90. The fourth-order valence-corrected chi connectivity index (χ4v) is 5.21. The molecule has 0 spiro atoms. The number of unbranched alkanes of at least 4 members (excludes halogenated alkanes) is 1. The smallest absolute Gasteiger partial charge is 0.269 e. The Morgan fingerprint density at radius 1 is 0.962 bits per heavy atom. The Hall–Kier alpha value is -1.83. The molecule has 0 fully saturated rings. The molecule has 1 aromatic heterocycles. The average molecular weight is 396 g/mol. The summed E-state index contributed by atoms with van der Waals surface area (Å²) in [6, 6.07) is 10.6. The van der Waals surface area contributed by atoms with E-state index in [1.807, 2.05) is 0 Å². The second-order valence-electron chi connectivity index (χ2n) is 6.55. The van der Waals surface area contributed by atoms with Gasteiger partial charge in [0.25, 0.3) is 15.9 Å². The van der Waals surface area contributed by atoms with Crippen LogP contribution in [0, 0.1) is 0 Å². The Morgan fingerprint density at radius 2 is 1.73 bits per heavy atom. The molecule has 0 saturated heterocycles. The summed E-state index contributed by atoms with van der Waals surface area (Å²) in [5, 5.41) is 0. The molecule has 1 aromatic carbocycles. The molecule has 4 rings (SSSR count). The van der Waals surface area contributed by atoms with E-state index in [0.29, 0.717) is 12.0 Å². The lowest BCUT2D eigenvalue weighted by Crippen LogP contribution is -2.35. The highest BCUT2D eigenvalue weighted by Gasteiger charge is 2.40. The van der Waals surface area contributed by atoms with Crippen LogP contribution in [0.15, 0.2) is 47.5 Å². The second-order valence-corrected chi connectivity index (χ2v) is 8.39. The minimum absolute atomic E-state index is 0. The third-order valence-corrected chi connectivity index (χ3v) is 6.80. The van der Waals surface area contributed by atoms with Crippen molar-refractivity contribution in [2.45, 2.75) is 30.8 Å². The van der Waals surface area contributed by atoms with Crippen LogP contribution in [0.3, 0.4) is 0 Å². The maximum Gasteiger partial charge on any atom is 0.269 e. The SMILES string of the molecule is Cl.O=C1c2ccccc2S(=O)(=O)N1CCCCN1CCn2cccc2C1. The van der Waals surface area contributed by atoms with E-state index >= 15 is 0 Å². The Bertz CT molecular complexity index is 910. The van der Waals surface area contributed by atoms with Crippen molar-refractivity contribution in [3.63, 3.8) is 0 Å². The quantitative estimate of drug-likeness (QED) is 0.729. The maximum absolute atomic E-state index is 12.5. The van der Waals surface area contributed by atoms with Gasteiger partial charge in [0.15, 0.2) is 0 Å². The summed E-state index contributed by atoms with van der Waals surface area (Å²) in [6.45, 7) is 4.10. The van der Waals surface area contributed by atoms with Crippen molar-refractivity contribution < 1.29 is 13.2 Å². The summed E-state index contributed by atoms with van der Waals surface area (Å²) < 4.78 is 28.3. The van der Waals surface area contributed by atoms with Crippen LogP contribution in [0.1, 0.15) is 28.9 Å². The van der Waals surface area contributed by atoms with Crippen LogP contribution in [-0.4, -0.2) is 47.7 Å². The number of nitrogens with zero attached hydrogens (tertiary/aromatic N) is 3. The highest BCUT2D eigenvalue weighted by Crippen LogP contribution is 2.30. The Labute approximate surface area is 159 Å². The molecule has 0 N–H and O–H groups in total. The molecule has 0 radical (unpaired) electrons. The van der Waals surface area contributed by atoms with Gasteiger partial charge in [0.05, 0.1) is 5.56 Å². The molecule has 0 unspecified atom stereocenters. The Balaban J connectivity index is 0.00000196. The van der Waals surface area contributed by atoms with Crippen molar-refractivity contribution in [3.8, 4) is 0 Å². The molecule has 0 aliphatic carbocycles. The number of aromatic nitrogens is 1. The Kier molecular flexibility index (Phi) is 5.41. The van der Waals surface area contributed by atoms with Gasteiger partial charge in [-0.05, 0) is 43.7 Å². The van der Waals surface area contributed by atoms with Gasteiger partial charge in [0, 0.05) is 38.1 Å². The van der Waals surface area contributed by atoms with Crippen molar-refractivity contribution in [2.75, 3.05) is 19.6 Å². The summed E-state index contributed by atoms with van der Waals surface area (Å²) in [5.74, 6) is -0.397. The van der Waals surface area contributed by atoms with Crippen LogP contribution in [0.25, 0.3) is 0 Å². The summed E-state index contributed by atoms with van der Waals surface area (Å²) in [5.41, 5.74) is 1.61. The molecule has 0 saturated carbocycles. The molecule has 8 heteroatoms. The Morgan fingerprint density at radius 3 is 2.54 bits per heavy atom. The van der Waals surface area contributed by atoms with Gasteiger partial charge in [0.2, 0.25) is 0 Å². The highest BCUT2D eigenvalue weighted by atomic mass is 35.5. The van der Waals surface area contributed by atoms with E-state index in [0.717, 1.165) is 36.9 Å². The standard InChI is InChI=1S/C18H21N3O3S.ClH/c22-18-16-7-1-2-8-17(16)25(23,24)21(18)11-4-3-9-19-12-13-20-10-5-6-15(20)14-19;/h1-2,5-8,10H,3-4,9,11-14H2;1H. The zero-order valence-corrected chi connectivity index (χ0v) is 16.0. The maximum atomic E-state index is 12.5. The minimum atomic E-state index is -3.67. The summed E-state index contributed by atoms with van der Waals surface area (Å²) in [6.07, 6.45) is 3.65. The first-order chi connectivity index (χ1) is 12.1. The molecule has 1 amide bonds. The van der Waals surface area contributed by atoms with Crippen molar-refractivity contribution >= 4 is 28.3 Å². The lowest BCUT2D eigenvalue weighted by atomic mass is 10.2. The van der Waals surface area contributed by atoms with Gasteiger partial charge in [0.1, 0.15) is 4.90 Å². The fourth-order valence-electron chi connectivity index (χ4n) is 3.60. The van der Waals surface area contributed by atoms with E-state index in [1.54, 1.807) is 18.2 Å². The minimum Gasteiger partial charge on any atom is -0.349 e. The monoisotopic (exact) mass is 395 g/mol. The molecular formula is C18H22ClN3O3S. The van der Waals surface area contributed by atoms with Crippen LogP contribution in [-0.2, 0) is 23.1 Å². The van der Waals surface area contributed by atoms with Crippen molar-refractivity contribution in [1.29, 1.82) is 0 Å². The summed E-state index contributed by atoms with van der Waals surface area (Å²) in [7, 11) is -3.67. The first kappa shape index (κ1) is 18.9. The molecule has 3 heterocycles.